The van der Waals surface area contributed by atoms with Crippen LogP contribution in [0, 0.1) is 27.7 Å². The van der Waals surface area contributed by atoms with E-state index in [0.717, 1.165) is 47.1 Å². The van der Waals surface area contributed by atoms with Crippen molar-refractivity contribution < 1.29 is 14.2 Å². The van der Waals surface area contributed by atoms with Gasteiger partial charge in [-0.3, -0.25) is 4.79 Å². The molecule has 1 atom stereocenters. The molecule has 4 heteroatoms. The van der Waals surface area contributed by atoms with E-state index in [1.165, 1.54) is 5.56 Å². The SMILES string of the molecule is Cc1cc(C(C)(C)C)cc(C)c1C(=O)[P+](=O)C1(C(=O)c2c(C)cc(C(C)(C)C)cc2C)CCCCC1. The number of rotatable bonds is 5. The van der Waals surface area contributed by atoms with Gasteiger partial charge in [0, 0.05) is 18.4 Å². The van der Waals surface area contributed by atoms with Crippen LogP contribution in [0.5, 0.6) is 0 Å². The predicted octanol–water partition coefficient (Wildman–Crippen LogP) is 9.07. The van der Waals surface area contributed by atoms with Crippen molar-refractivity contribution in [1.82, 2.24) is 0 Å². The Morgan fingerprint density at radius 2 is 1.03 bits per heavy atom. The molecule has 1 fully saturated rings. The molecule has 194 valence electrons. The van der Waals surface area contributed by atoms with E-state index in [1.54, 1.807) is 0 Å². The number of carbonyl (C=O) groups is 2. The standard InChI is InChI=1S/C32H44O3P/c1-20-16-24(30(5,6)7)17-21(2)26(20)28(33)32(14-12-11-13-15-32)36(35)29(34)27-22(3)18-25(19-23(27)4)31(8,9)10/h16-19H,11-15H2,1-10H3/q+1. The highest BCUT2D eigenvalue weighted by molar-refractivity contribution is 7.67. The fraction of sp³-hybridized carbons (Fsp3) is 0.562. The van der Waals surface area contributed by atoms with Crippen LogP contribution in [-0.4, -0.2) is 16.5 Å². The van der Waals surface area contributed by atoms with Crippen molar-refractivity contribution in [3.63, 3.8) is 0 Å². The van der Waals surface area contributed by atoms with Crippen LogP contribution in [0.3, 0.4) is 0 Å². The molecule has 36 heavy (non-hydrogen) atoms. The van der Waals surface area contributed by atoms with Crippen molar-refractivity contribution in [2.24, 2.45) is 0 Å². The molecule has 3 nitrogen and oxygen atoms in total. The molecule has 2 aromatic carbocycles. The summed E-state index contributed by atoms with van der Waals surface area (Å²) in [4.78, 5) is 28.2. The Balaban J connectivity index is 2.11. The Labute approximate surface area is 219 Å². The minimum absolute atomic E-state index is 0.0327. The molecule has 3 rings (SSSR count). The maximum Gasteiger partial charge on any atom is 0.434 e. The average molecular weight is 508 g/mol. The third-order valence-corrected chi connectivity index (χ3v) is 9.94. The summed E-state index contributed by atoms with van der Waals surface area (Å²) in [7, 11) is -2.45. The van der Waals surface area contributed by atoms with Crippen LogP contribution in [0.4, 0.5) is 0 Å². The normalized spacial score (nSPS) is 16.6. The maximum atomic E-state index is 14.3. The van der Waals surface area contributed by atoms with Gasteiger partial charge in [-0.25, -0.2) is 4.79 Å². The molecular formula is C32H44O3P+. The van der Waals surface area contributed by atoms with Crippen LogP contribution >= 0.6 is 7.80 Å². The van der Waals surface area contributed by atoms with Crippen molar-refractivity contribution in [3.8, 4) is 0 Å². The van der Waals surface area contributed by atoms with E-state index in [2.05, 4.69) is 53.7 Å². The van der Waals surface area contributed by atoms with Gasteiger partial charge in [0.15, 0.2) is 0 Å². The van der Waals surface area contributed by atoms with Gasteiger partial charge in [0.2, 0.25) is 10.9 Å². The fourth-order valence-corrected chi connectivity index (χ4v) is 7.64. The molecule has 0 radical (unpaired) electrons. The smallest absolute Gasteiger partial charge is 0.289 e. The van der Waals surface area contributed by atoms with E-state index in [4.69, 9.17) is 0 Å². The topological polar surface area (TPSA) is 51.2 Å². The third-order valence-electron chi connectivity index (χ3n) is 7.91. The molecule has 0 spiro atoms. The molecule has 0 saturated heterocycles. The van der Waals surface area contributed by atoms with Crippen molar-refractivity contribution in [1.29, 1.82) is 0 Å². The van der Waals surface area contributed by atoms with Gasteiger partial charge < -0.3 is 0 Å². The van der Waals surface area contributed by atoms with Gasteiger partial charge in [0.05, 0.1) is 5.56 Å². The lowest BCUT2D eigenvalue weighted by molar-refractivity contribution is 0.0902. The first kappa shape index (κ1) is 28.5. The summed E-state index contributed by atoms with van der Waals surface area (Å²) < 4.78 is 14.2. The Hall–Kier alpha value is -2.12. The van der Waals surface area contributed by atoms with Gasteiger partial charge in [-0.1, -0.05) is 76.8 Å². The van der Waals surface area contributed by atoms with E-state index in [-0.39, 0.29) is 22.1 Å². The molecule has 1 unspecified atom stereocenters. The molecule has 0 heterocycles. The molecule has 0 N–H and O–H groups in total. The Morgan fingerprint density at radius 1 is 0.667 bits per heavy atom. The first-order chi connectivity index (χ1) is 16.5. The maximum absolute atomic E-state index is 14.3. The number of hydrogen-bond donors (Lipinski definition) is 0. The number of benzene rings is 2. The molecule has 0 aromatic heterocycles. The van der Waals surface area contributed by atoms with Gasteiger partial charge in [-0.15, -0.1) is 0 Å². The molecule has 1 saturated carbocycles. The van der Waals surface area contributed by atoms with Gasteiger partial charge in [-0.05, 0) is 84.7 Å². The lowest BCUT2D eigenvalue weighted by atomic mass is 9.78. The Bertz CT molecular complexity index is 1170. The van der Waals surface area contributed by atoms with Gasteiger partial charge in [0.25, 0.3) is 0 Å². The van der Waals surface area contributed by atoms with Gasteiger partial charge in [-0.2, -0.15) is 0 Å². The molecule has 0 aliphatic heterocycles. The van der Waals surface area contributed by atoms with Crippen molar-refractivity contribution in [2.45, 2.75) is 117 Å². The van der Waals surface area contributed by atoms with Crippen LogP contribution < -0.4 is 0 Å². The number of aryl methyl sites for hydroxylation is 4. The van der Waals surface area contributed by atoms with Crippen LogP contribution in [0.1, 0.15) is 128 Å². The second kappa shape index (κ2) is 9.97. The highest BCUT2D eigenvalue weighted by atomic mass is 31.1. The highest BCUT2D eigenvalue weighted by Gasteiger charge is 2.60. The number of hydrogen-bond acceptors (Lipinski definition) is 3. The molecule has 1 aliphatic carbocycles. The molecular weight excluding hydrogens is 463 g/mol. The predicted molar refractivity (Wildman–Crippen MR) is 151 cm³/mol. The van der Waals surface area contributed by atoms with E-state index in [9.17, 15) is 14.2 Å². The van der Waals surface area contributed by atoms with Crippen LogP contribution in [0.15, 0.2) is 24.3 Å². The monoisotopic (exact) mass is 507 g/mol. The lowest BCUT2D eigenvalue weighted by Crippen LogP contribution is -2.39. The summed E-state index contributed by atoms with van der Waals surface area (Å²) in [5.41, 5.74) is 6.56. The molecule has 0 bridgehead atoms. The van der Waals surface area contributed by atoms with Crippen molar-refractivity contribution >= 4 is 19.1 Å². The minimum Gasteiger partial charge on any atom is -0.289 e. The van der Waals surface area contributed by atoms with Crippen molar-refractivity contribution in [3.05, 3.63) is 68.8 Å². The lowest BCUT2D eigenvalue weighted by Gasteiger charge is -2.29. The summed E-state index contributed by atoms with van der Waals surface area (Å²) in [6.45, 7) is 20.7. The van der Waals surface area contributed by atoms with Gasteiger partial charge in [0.1, 0.15) is 0 Å². The third kappa shape index (κ3) is 5.28. The zero-order chi connectivity index (χ0) is 27.2. The second-order valence-corrected chi connectivity index (χ2v) is 14.8. The summed E-state index contributed by atoms with van der Waals surface area (Å²) in [6.07, 6.45) is 3.65. The molecule has 1 aliphatic rings. The summed E-state index contributed by atoms with van der Waals surface area (Å²) in [5, 5.41) is -1.13. The number of carbonyl (C=O) groups excluding carboxylic acids is 2. The Kier molecular flexibility index (Phi) is 7.88. The van der Waals surface area contributed by atoms with Gasteiger partial charge >= 0.3 is 13.3 Å². The van der Waals surface area contributed by atoms with E-state index in [0.29, 0.717) is 24.0 Å². The quantitative estimate of drug-likeness (QED) is 0.300. The summed E-state index contributed by atoms with van der Waals surface area (Å²) >= 11 is 0. The zero-order valence-corrected chi connectivity index (χ0v) is 24.9. The van der Waals surface area contributed by atoms with Crippen LogP contribution in [0.25, 0.3) is 0 Å². The average Bonchev–Trinajstić information content (AvgIpc) is 2.76. The zero-order valence-electron chi connectivity index (χ0n) is 24.0. The fourth-order valence-electron chi connectivity index (χ4n) is 5.68. The highest BCUT2D eigenvalue weighted by Crippen LogP contribution is 2.54. The second-order valence-electron chi connectivity index (χ2n) is 13.0. The molecule has 0 amide bonds. The van der Waals surface area contributed by atoms with Crippen LogP contribution in [-0.2, 0) is 15.4 Å². The summed E-state index contributed by atoms with van der Waals surface area (Å²) in [6, 6.07) is 8.26. The minimum atomic E-state index is -2.45. The first-order valence-electron chi connectivity index (χ1n) is 13.3. The number of Topliss-reactive ketones (excluding diaryl/α,β-unsaturated/α-hetero) is 1. The first-order valence-corrected chi connectivity index (χ1v) is 14.6. The number of ketones is 1. The molecule has 2 aromatic rings. The van der Waals surface area contributed by atoms with E-state index in [1.807, 2.05) is 39.8 Å². The van der Waals surface area contributed by atoms with E-state index < -0.39 is 13.0 Å². The summed E-state index contributed by atoms with van der Waals surface area (Å²) in [5.74, 6) is -0.103. The Morgan fingerprint density at radius 3 is 1.39 bits per heavy atom. The van der Waals surface area contributed by atoms with Crippen molar-refractivity contribution in [2.75, 3.05) is 0 Å². The largest absolute Gasteiger partial charge is 0.434 e. The van der Waals surface area contributed by atoms with Crippen LogP contribution in [0.2, 0.25) is 0 Å². The van der Waals surface area contributed by atoms with E-state index >= 15 is 0 Å².